The molecule has 2 amide bonds. The van der Waals surface area contributed by atoms with Gasteiger partial charge in [0.2, 0.25) is 0 Å². The summed E-state index contributed by atoms with van der Waals surface area (Å²) in [6.45, 7) is -1.72. The first kappa shape index (κ1) is 58.9. The second kappa shape index (κ2) is 28.2. The molecule has 79 heavy (non-hydrogen) atoms. The minimum atomic E-state index is -1.87. The molecule has 0 bridgehead atoms. The Morgan fingerprint density at radius 3 is 1.28 bits per heavy atom. The predicted molar refractivity (Wildman–Crippen MR) is 276 cm³/mol. The van der Waals surface area contributed by atoms with Crippen LogP contribution in [-0.4, -0.2) is 168 Å². The fraction of sp³-hybridized carbons (Fsp3) is 0.346. The molecule has 2 aliphatic rings. The van der Waals surface area contributed by atoms with E-state index in [-0.39, 0.29) is 110 Å². The Morgan fingerprint density at radius 1 is 0.544 bits per heavy atom. The lowest BCUT2D eigenvalue weighted by atomic mass is 10.0. The van der Waals surface area contributed by atoms with Crippen molar-refractivity contribution >= 4 is 70.9 Å². The van der Waals surface area contributed by atoms with Gasteiger partial charge < -0.3 is 86.3 Å². The summed E-state index contributed by atoms with van der Waals surface area (Å²) in [6, 6.07) is 13.7. The highest BCUT2D eigenvalue weighted by Crippen LogP contribution is 2.37. The van der Waals surface area contributed by atoms with E-state index in [9.17, 15) is 58.8 Å². The number of esters is 2. The van der Waals surface area contributed by atoms with E-state index in [1.165, 1.54) is 60.7 Å². The SMILES string of the molecule is NC(N)=Nc1ccc2c(c1)CCCOc1c(cccc1C(=O)N(CCOCCOCCOCCN(C(=O)c1cccc3c1OCCCc1cc(N=C(N)N)ccc1C(=O)O3)C(CC(=O)O)C(=O)O)C(CC(=O)O)C(=O)O)OC2=O. The molecule has 2 atom stereocenters. The largest absolute Gasteiger partial charge is 0.489 e. The van der Waals surface area contributed by atoms with Crippen LogP contribution in [0, 0.1) is 0 Å². The van der Waals surface area contributed by atoms with Gasteiger partial charge in [0.1, 0.15) is 12.1 Å². The standard InChI is InChI=1S/C52H58N8O19/c53-51(54)57-31-11-13-33-29(25-31)5-3-17-76-43-35(7-1-9-39(43)78-49(33)71)45(65)59(37(47(67)68)27-41(61)62)15-19-73-21-23-75-24-22-74-20-16-60(38(48(69)70)28-42(63)64)46(66)36-8-2-10-40-44(36)77-18-4-6-30-26-32(58-52(55)56)12-14-34(30)50(72)79-40/h1-2,7-14,25-26,37-38H,3-6,15-24,27-28H2,(H,61,62)(H,63,64)(H,67,68)(H,69,70)(H4,53,54,57)(H4,55,56,58). The van der Waals surface area contributed by atoms with Gasteiger partial charge in [0.05, 0.1) is 99.3 Å². The number of nitrogens with zero attached hydrogens (tertiary/aromatic N) is 4. The third-order valence-electron chi connectivity index (χ3n) is 11.9. The van der Waals surface area contributed by atoms with Crippen LogP contribution in [0.15, 0.2) is 82.8 Å². The molecule has 0 aliphatic carbocycles. The van der Waals surface area contributed by atoms with E-state index in [0.717, 1.165) is 9.80 Å². The number of para-hydroxylation sites is 2. The average Bonchev–Trinajstić information content (AvgIpc) is 3.39. The minimum Gasteiger partial charge on any atom is -0.489 e. The number of carbonyl (C=O) groups excluding carboxylic acids is 4. The number of guanidine groups is 2. The van der Waals surface area contributed by atoms with Crippen LogP contribution in [0.4, 0.5) is 11.4 Å². The number of hydrogen-bond acceptors (Lipinski definition) is 17. The summed E-state index contributed by atoms with van der Waals surface area (Å²) >= 11 is 0. The summed E-state index contributed by atoms with van der Waals surface area (Å²) in [5.41, 5.74) is 24.0. The highest BCUT2D eigenvalue weighted by molar-refractivity contribution is 6.02. The molecule has 4 aromatic carbocycles. The van der Waals surface area contributed by atoms with Crippen molar-refractivity contribution in [1.82, 2.24) is 9.80 Å². The molecule has 2 aliphatic heterocycles. The van der Waals surface area contributed by atoms with Crippen molar-refractivity contribution in [3.63, 3.8) is 0 Å². The topological polar surface area (TPSA) is 417 Å². The molecule has 2 unspecified atom stereocenters. The van der Waals surface area contributed by atoms with E-state index in [2.05, 4.69) is 9.98 Å². The normalized spacial score (nSPS) is 13.7. The van der Waals surface area contributed by atoms with Crippen LogP contribution >= 0.6 is 0 Å². The summed E-state index contributed by atoms with van der Waals surface area (Å²) in [5, 5.41) is 39.5. The zero-order valence-electron chi connectivity index (χ0n) is 42.4. The Balaban J connectivity index is 1.05. The summed E-state index contributed by atoms with van der Waals surface area (Å²) in [4.78, 5) is 114. The van der Waals surface area contributed by atoms with Crippen LogP contribution in [0.2, 0.25) is 0 Å². The molecule has 0 radical (unpaired) electrons. The van der Waals surface area contributed by atoms with Crippen LogP contribution in [0.3, 0.4) is 0 Å². The average molecular weight is 1100 g/mol. The van der Waals surface area contributed by atoms with E-state index in [1.54, 1.807) is 12.1 Å². The van der Waals surface area contributed by atoms with Gasteiger partial charge in [0, 0.05) is 13.1 Å². The maximum absolute atomic E-state index is 14.3. The zero-order chi connectivity index (χ0) is 57.2. The van der Waals surface area contributed by atoms with Crippen LogP contribution in [-0.2, 0) is 46.2 Å². The Hall–Kier alpha value is -9.34. The highest BCUT2D eigenvalue weighted by Gasteiger charge is 2.37. The number of nitrogens with two attached hydrogens (primary N) is 4. The maximum atomic E-state index is 14.3. The van der Waals surface area contributed by atoms with E-state index in [0.29, 0.717) is 48.2 Å². The molecule has 0 saturated carbocycles. The van der Waals surface area contributed by atoms with Crippen molar-refractivity contribution in [2.24, 2.45) is 32.9 Å². The summed E-state index contributed by atoms with van der Waals surface area (Å²) < 4.78 is 40.2. The van der Waals surface area contributed by atoms with Crippen LogP contribution < -0.4 is 41.9 Å². The van der Waals surface area contributed by atoms with E-state index in [4.69, 9.17) is 56.1 Å². The number of amides is 2. The van der Waals surface area contributed by atoms with Gasteiger partial charge in [-0.05, 0) is 97.5 Å². The van der Waals surface area contributed by atoms with Gasteiger partial charge in [-0.25, -0.2) is 29.2 Å². The van der Waals surface area contributed by atoms with Gasteiger partial charge in [-0.2, -0.15) is 0 Å². The number of rotatable bonds is 24. The van der Waals surface area contributed by atoms with E-state index < -0.39 is 85.6 Å². The number of hydrogen-bond donors (Lipinski definition) is 8. The number of fused-ring (bicyclic) bond motifs is 4. The first-order valence-electron chi connectivity index (χ1n) is 24.5. The molecule has 0 saturated heterocycles. The first-order chi connectivity index (χ1) is 37.8. The van der Waals surface area contributed by atoms with Gasteiger partial charge in [-0.1, -0.05) is 12.1 Å². The Morgan fingerprint density at radius 2 is 0.924 bits per heavy atom. The second-order valence-corrected chi connectivity index (χ2v) is 17.4. The molecule has 2 heterocycles. The van der Waals surface area contributed by atoms with Crippen molar-refractivity contribution in [2.75, 3.05) is 65.9 Å². The molecule has 420 valence electrons. The molecule has 27 heteroatoms. The quantitative estimate of drug-likeness (QED) is 0.0164. The number of aliphatic imine (C=N–C) groups is 2. The highest BCUT2D eigenvalue weighted by atomic mass is 16.6. The number of carboxylic acids is 4. The fourth-order valence-corrected chi connectivity index (χ4v) is 8.39. The smallest absolute Gasteiger partial charge is 0.343 e. The third kappa shape index (κ3) is 16.3. The van der Waals surface area contributed by atoms with Crippen LogP contribution in [0.1, 0.15) is 78.2 Å². The molecule has 4 aromatic rings. The van der Waals surface area contributed by atoms with Crippen molar-refractivity contribution < 1.29 is 91.9 Å². The van der Waals surface area contributed by atoms with Gasteiger partial charge in [0.25, 0.3) is 11.8 Å². The number of ether oxygens (including phenoxy) is 7. The lowest BCUT2D eigenvalue weighted by Gasteiger charge is -2.29. The molecule has 0 spiro atoms. The number of aryl methyl sites for hydroxylation is 2. The number of aliphatic carboxylic acids is 4. The Bertz CT molecular complexity index is 2800. The van der Waals surface area contributed by atoms with E-state index in [1.807, 2.05) is 0 Å². The van der Waals surface area contributed by atoms with Gasteiger partial charge in [-0.3, -0.25) is 19.2 Å². The first-order valence-corrected chi connectivity index (χ1v) is 24.5. The molecule has 27 nitrogen and oxygen atoms in total. The molecular weight excluding hydrogens is 1040 g/mol. The number of benzene rings is 4. The second-order valence-electron chi connectivity index (χ2n) is 17.4. The Labute approximate surface area is 450 Å². The maximum Gasteiger partial charge on any atom is 0.343 e. The van der Waals surface area contributed by atoms with Crippen molar-refractivity contribution in [3.05, 3.63) is 106 Å². The van der Waals surface area contributed by atoms with Crippen LogP contribution in [0.25, 0.3) is 0 Å². The lowest BCUT2D eigenvalue weighted by Crippen LogP contribution is -2.48. The van der Waals surface area contributed by atoms with E-state index >= 15 is 0 Å². The van der Waals surface area contributed by atoms with Crippen molar-refractivity contribution in [3.8, 4) is 23.0 Å². The monoisotopic (exact) mass is 1100 g/mol. The minimum absolute atomic E-state index is 0.0129. The molecule has 0 aromatic heterocycles. The third-order valence-corrected chi connectivity index (χ3v) is 11.9. The molecule has 12 N–H and O–H groups in total. The molecular formula is C52H58N8O19. The summed E-state index contributed by atoms with van der Waals surface area (Å²) in [6.07, 6.45) is -0.630. The van der Waals surface area contributed by atoms with Crippen LogP contribution in [0.5, 0.6) is 23.0 Å². The molecule has 6 rings (SSSR count). The summed E-state index contributed by atoms with van der Waals surface area (Å²) in [7, 11) is 0. The van der Waals surface area contributed by atoms with Gasteiger partial charge >= 0.3 is 35.8 Å². The predicted octanol–water partition coefficient (Wildman–Crippen LogP) is 2.08. The lowest BCUT2D eigenvalue weighted by molar-refractivity contribution is -0.149. The van der Waals surface area contributed by atoms with Gasteiger partial charge in [-0.15, -0.1) is 0 Å². The van der Waals surface area contributed by atoms with Crippen molar-refractivity contribution in [1.29, 1.82) is 0 Å². The summed E-state index contributed by atoms with van der Waals surface area (Å²) in [5.74, 6) is -10.8. The van der Waals surface area contributed by atoms with Gasteiger partial charge in [0.15, 0.2) is 34.9 Å². The zero-order valence-corrected chi connectivity index (χ0v) is 42.4. The number of carboxylic acid groups (broad SMARTS) is 4. The number of carbonyl (C=O) groups is 8. The Kier molecular flexibility index (Phi) is 21.0. The van der Waals surface area contributed by atoms with Crippen molar-refractivity contribution in [2.45, 2.75) is 50.6 Å². The fourth-order valence-electron chi connectivity index (χ4n) is 8.39. The molecule has 0 fully saturated rings.